The number of carbonyl (C=O) groups is 1. The van der Waals surface area contributed by atoms with Crippen LogP contribution in [-0.4, -0.2) is 17.2 Å². The van der Waals surface area contributed by atoms with Crippen molar-refractivity contribution < 1.29 is 31.9 Å². The molecule has 1 aliphatic rings. The lowest BCUT2D eigenvalue weighted by molar-refractivity contribution is -0.137. The zero-order valence-corrected chi connectivity index (χ0v) is 17.4. The van der Waals surface area contributed by atoms with Gasteiger partial charge in [-0.2, -0.15) is 13.2 Å². The van der Waals surface area contributed by atoms with Crippen LogP contribution in [0.5, 0.6) is 0 Å². The fourth-order valence-electron chi connectivity index (χ4n) is 4.22. The molecule has 0 radical (unpaired) electrons. The van der Waals surface area contributed by atoms with Gasteiger partial charge in [-0.25, -0.2) is 13.6 Å². The van der Waals surface area contributed by atoms with Gasteiger partial charge in [-0.1, -0.05) is 19.1 Å². The van der Waals surface area contributed by atoms with E-state index in [1.54, 1.807) is 6.92 Å². The molecule has 3 aromatic rings. The lowest BCUT2D eigenvalue weighted by Gasteiger charge is -2.37. The topological polar surface area (TPSA) is 43.8 Å². The minimum atomic E-state index is -4.67. The Kier molecular flexibility index (Phi) is 5.61. The predicted octanol–water partition coefficient (Wildman–Crippen LogP) is 6.05. The van der Waals surface area contributed by atoms with Gasteiger partial charge in [0, 0.05) is 16.9 Å². The maximum atomic E-state index is 13.6. The lowest BCUT2D eigenvalue weighted by atomic mass is 9.90. The third-order valence-electron chi connectivity index (χ3n) is 5.71. The summed E-state index contributed by atoms with van der Waals surface area (Å²) in [7, 11) is 0. The summed E-state index contributed by atoms with van der Waals surface area (Å²) >= 11 is 0. The van der Waals surface area contributed by atoms with E-state index >= 15 is 0 Å². The molecule has 172 valence electrons. The van der Waals surface area contributed by atoms with Crippen molar-refractivity contribution in [1.82, 2.24) is 0 Å². The van der Waals surface area contributed by atoms with E-state index in [2.05, 4.69) is 0 Å². The zero-order chi connectivity index (χ0) is 24.0. The summed E-state index contributed by atoms with van der Waals surface area (Å²) in [5.74, 6) is -1.13. The molecule has 0 bridgehead atoms. The molecule has 0 saturated carbocycles. The Hall–Kier alpha value is -3.46. The van der Waals surface area contributed by atoms with Gasteiger partial charge >= 0.3 is 12.2 Å². The summed E-state index contributed by atoms with van der Waals surface area (Å²) in [6.07, 6.45) is -4.53. The van der Waals surface area contributed by atoms with Crippen LogP contribution < -0.4 is 9.80 Å². The van der Waals surface area contributed by atoms with Crippen LogP contribution in [0.3, 0.4) is 0 Å². The quantitative estimate of drug-likeness (QED) is 0.480. The maximum Gasteiger partial charge on any atom is 0.416 e. The van der Waals surface area contributed by atoms with Crippen LogP contribution in [0, 0.1) is 11.6 Å². The Morgan fingerprint density at radius 2 is 1.45 bits per heavy atom. The van der Waals surface area contributed by atoms with Gasteiger partial charge in [0.2, 0.25) is 0 Å². The fraction of sp³-hybridized carbons (Fsp3) is 0.208. The molecule has 1 saturated heterocycles. The molecule has 1 N–H and O–H groups in total. The van der Waals surface area contributed by atoms with Crippen LogP contribution in [0.25, 0.3) is 0 Å². The van der Waals surface area contributed by atoms with Gasteiger partial charge in [0.05, 0.1) is 11.6 Å². The second kappa shape index (κ2) is 8.15. The van der Waals surface area contributed by atoms with Crippen molar-refractivity contribution >= 4 is 17.4 Å². The number of hydrogen-bond donors (Lipinski definition) is 1. The van der Waals surface area contributed by atoms with Crippen LogP contribution >= 0.6 is 0 Å². The molecule has 1 aliphatic heterocycles. The number of nitrogens with zero attached hydrogens (tertiary/aromatic N) is 2. The van der Waals surface area contributed by atoms with Gasteiger partial charge in [0.1, 0.15) is 11.6 Å². The van der Waals surface area contributed by atoms with E-state index < -0.39 is 41.2 Å². The maximum absolute atomic E-state index is 13.6. The van der Waals surface area contributed by atoms with Gasteiger partial charge in [-0.3, -0.25) is 9.80 Å². The van der Waals surface area contributed by atoms with Crippen LogP contribution in [-0.2, 0) is 11.9 Å². The van der Waals surface area contributed by atoms with Gasteiger partial charge in [0.25, 0.3) is 0 Å². The normalized spacial score (nSPS) is 21.1. The number of carbonyl (C=O) groups excluding carboxylic acids is 1. The molecule has 1 unspecified atom stereocenters. The third kappa shape index (κ3) is 3.82. The largest absolute Gasteiger partial charge is 0.416 e. The van der Waals surface area contributed by atoms with E-state index in [1.165, 1.54) is 35.2 Å². The van der Waals surface area contributed by atoms with E-state index in [0.717, 1.165) is 47.4 Å². The van der Waals surface area contributed by atoms with Gasteiger partial charge < -0.3 is 5.11 Å². The van der Waals surface area contributed by atoms with E-state index in [4.69, 9.17) is 0 Å². The average Bonchev–Trinajstić information content (AvgIpc) is 3.01. The molecule has 1 fully saturated rings. The zero-order valence-electron chi connectivity index (χ0n) is 17.4. The molecule has 33 heavy (non-hydrogen) atoms. The second-order valence-electron chi connectivity index (χ2n) is 7.67. The molecule has 2 atom stereocenters. The monoisotopic (exact) mass is 462 g/mol. The highest BCUT2D eigenvalue weighted by atomic mass is 19.4. The molecule has 1 heterocycles. The van der Waals surface area contributed by atoms with Crippen molar-refractivity contribution in [3.05, 3.63) is 95.6 Å². The molecule has 0 spiro atoms. The summed E-state index contributed by atoms with van der Waals surface area (Å²) in [5, 5.41) is 12.0. The molecule has 0 aromatic heterocycles. The van der Waals surface area contributed by atoms with E-state index in [9.17, 15) is 31.9 Å². The molecule has 2 amide bonds. The summed E-state index contributed by atoms with van der Waals surface area (Å²) in [6, 6.07) is 12.0. The number of hydrogen-bond acceptors (Lipinski definition) is 2. The molecule has 9 heteroatoms. The Morgan fingerprint density at radius 3 is 1.97 bits per heavy atom. The summed E-state index contributed by atoms with van der Waals surface area (Å²) in [4.78, 5) is 15.8. The highest BCUT2D eigenvalue weighted by molar-refractivity contribution is 6.08. The summed E-state index contributed by atoms with van der Waals surface area (Å²) in [6.45, 7) is 1.67. The number of alkyl halides is 3. The van der Waals surface area contributed by atoms with E-state index in [1.807, 2.05) is 0 Å². The van der Waals surface area contributed by atoms with Crippen molar-refractivity contribution in [3.8, 4) is 0 Å². The molecule has 4 nitrogen and oxygen atoms in total. The first kappa shape index (κ1) is 22.7. The first-order valence-corrected chi connectivity index (χ1v) is 10.1. The molecule has 0 aliphatic carbocycles. The first-order valence-electron chi connectivity index (χ1n) is 10.1. The third-order valence-corrected chi connectivity index (χ3v) is 5.71. The number of benzene rings is 3. The molecule has 3 aromatic carbocycles. The predicted molar refractivity (Wildman–Crippen MR) is 113 cm³/mol. The number of amides is 2. The molecule has 4 rings (SSSR count). The van der Waals surface area contributed by atoms with Crippen molar-refractivity contribution in [2.75, 3.05) is 9.80 Å². The van der Waals surface area contributed by atoms with Crippen LogP contribution in [0.15, 0.2) is 72.8 Å². The van der Waals surface area contributed by atoms with Gasteiger partial charge in [-0.05, 0) is 67.1 Å². The van der Waals surface area contributed by atoms with Crippen LogP contribution in [0.1, 0.15) is 24.5 Å². The van der Waals surface area contributed by atoms with Gasteiger partial charge in [-0.15, -0.1) is 0 Å². The second-order valence-corrected chi connectivity index (χ2v) is 7.67. The Morgan fingerprint density at radius 1 is 0.909 bits per heavy atom. The van der Waals surface area contributed by atoms with Crippen molar-refractivity contribution in [1.29, 1.82) is 0 Å². The number of rotatable bonds is 4. The lowest BCUT2D eigenvalue weighted by Crippen LogP contribution is -2.49. The highest BCUT2D eigenvalue weighted by Gasteiger charge is 2.58. The van der Waals surface area contributed by atoms with E-state index in [0.29, 0.717) is 0 Å². The van der Waals surface area contributed by atoms with E-state index in [-0.39, 0.29) is 23.4 Å². The number of aliphatic hydroxyl groups is 1. The van der Waals surface area contributed by atoms with Gasteiger partial charge in [0.15, 0.2) is 5.72 Å². The minimum Gasteiger partial charge on any atom is -0.365 e. The first-order chi connectivity index (χ1) is 15.6. The van der Waals surface area contributed by atoms with Crippen molar-refractivity contribution in [3.63, 3.8) is 0 Å². The minimum absolute atomic E-state index is 0.0874. The number of anilines is 2. The molecular weight excluding hydrogens is 443 g/mol. The van der Waals surface area contributed by atoms with Crippen LogP contribution in [0.2, 0.25) is 0 Å². The SMILES string of the molecule is CC[C@@H]1N(c2ccc(F)cc2)C(=O)N(c2ccc(F)cc2)C1(O)c1cccc(C(F)(F)F)c1. The molecular formula is C24H19F5N2O2. The van der Waals surface area contributed by atoms with Crippen LogP contribution in [0.4, 0.5) is 38.1 Å². The average molecular weight is 462 g/mol. The Labute approximate surface area is 186 Å². The summed E-state index contributed by atoms with van der Waals surface area (Å²) in [5.41, 5.74) is -3.05. The fourth-order valence-corrected chi connectivity index (χ4v) is 4.22. The van der Waals surface area contributed by atoms with Crippen molar-refractivity contribution in [2.45, 2.75) is 31.3 Å². The number of urea groups is 1. The van der Waals surface area contributed by atoms with Crippen molar-refractivity contribution in [2.24, 2.45) is 0 Å². The summed E-state index contributed by atoms with van der Waals surface area (Å²) < 4.78 is 67.3. The standard InChI is InChI=1S/C24H19F5N2O2/c1-2-21-23(33,15-4-3-5-16(14-15)24(27,28)29)31(20-12-8-18(26)9-13-20)22(32)30(21)19-10-6-17(25)7-11-19/h3-14,21,33H,2H2,1H3/t21-,23?/m0/s1. The number of halogens is 5. The smallest absolute Gasteiger partial charge is 0.365 e. The highest BCUT2D eigenvalue weighted by Crippen LogP contribution is 2.46. The Balaban J connectivity index is 1.95. The Bertz CT molecular complexity index is 1160.